The molecule has 0 spiro atoms. The summed E-state index contributed by atoms with van der Waals surface area (Å²) in [6.45, 7) is 0. The number of pyridine rings is 2. The monoisotopic (exact) mass is 315 g/mol. The van der Waals surface area contributed by atoms with Crippen molar-refractivity contribution >= 4 is 22.7 Å². The average molecular weight is 315 g/mol. The molecule has 0 saturated carbocycles. The number of anilines is 2. The molecular weight excluding hydrogens is 302 g/mol. The van der Waals surface area contributed by atoms with Crippen LogP contribution in [0.2, 0.25) is 0 Å². The van der Waals surface area contributed by atoms with Gasteiger partial charge in [0.1, 0.15) is 0 Å². The third kappa shape index (κ3) is 2.61. The average Bonchev–Trinajstić information content (AvgIpc) is 2.63. The number of rotatable bonds is 3. The Morgan fingerprint density at radius 1 is 0.875 bits per heavy atom. The number of nitrogens with zero attached hydrogens (tertiary/aromatic N) is 3. The molecule has 6 nitrogen and oxygen atoms in total. The molecule has 2 N–H and O–H groups in total. The van der Waals surface area contributed by atoms with Crippen molar-refractivity contribution < 1.29 is 0 Å². The van der Waals surface area contributed by atoms with E-state index in [4.69, 9.17) is 0 Å². The third-order valence-corrected chi connectivity index (χ3v) is 3.59. The number of fused-ring (bicyclic) bond motifs is 1. The maximum atomic E-state index is 12.6. The first-order valence-electron chi connectivity index (χ1n) is 7.44. The molecule has 0 saturated heterocycles. The number of H-pyrrole nitrogens is 1. The SMILES string of the molecule is O=c1[nH]c(Nc2ccccc2)nc2nccc(-c3ccccn3)c12. The van der Waals surface area contributed by atoms with Crippen molar-refractivity contribution in [2.75, 3.05) is 5.32 Å². The molecule has 0 fully saturated rings. The smallest absolute Gasteiger partial charge is 0.262 e. The number of hydrogen-bond acceptors (Lipinski definition) is 5. The van der Waals surface area contributed by atoms with Crippen LogP contribution in [0.4, 0.5) is 11.6 Å². The number of para-hydroxylation sites is 1. The standard InChI is InChI=1S/C18H13N5O/c24-17-15-13(14-8-4-5-10-19-14)9-11-20-16(15)22-18(23-17)21-12-6-2-1-3-7-12/h1-11H,(H2,20,21,22,23,24). The zero-order valence-corrected chi connectivity index (χ0v) is 12.6. The summed E-state index contributed by atoms with van der Waals surface area (Å²) in [5, 5.41) is 3.50. The van der Waals surface area contributed by atoms with E-state index in [-0.39, 0.29) is 5.56 Å². The lowest BCUT2D eigenvalue weighted by Crippen LogP contribution is -2.13. The minimum atomic E-state index is -0.257. The summed E-state index contributed by atoms with van der Waals surface area (Å²) in [7, 11) is 0. The van der Waals surface area contributed by atoms with Gasteiger partial charge in [0.15, 0.2) is 5.65 Å². The normalized spacial score (nSPS) is 10.7. The molecule has 3 heterocycles. The molecule has 0 aliphatic heterocycles. The zero-order valence-electron chi connectivity index (χ0n) is 12.6. The summed E-state index contributed by atoms with van der Waals surface area (Å²) in [6.07, 6.45) is 3.32. The summed E-state index contributed by atoms with van der Waals surface area (Å²) in [5.41, 5.74) is 2.37. The van der Waals surface area contributed by atoms with E-state index < -0.39 is 0 Å². The summed E-state index contributed by atoms with van der Waals surface area (Å²) in [5.74, 6) is 0.351. The first-order chi connectivity index (χ1) is 11.8. The van der Waals surface area contributed by atoms with E-state index >= 15 is 0 Å². The lowest BCUT2D eigenvalue weighted by Gasteiger charge is -2.08. The molecule has 0 amide bonds. The van der Waals surface area contributed by atoms with E-state index in [1.54, 1.807) is 18.5 Å². The minimum Gasteiger partial charge on any atom is -0.326 e. The first-order valence-corrected chi connectivity index (χ1v) is 7.44. The van der Waals surface area contributed by atoms with E-state index in [0.29, 0.717) is 28.2 Å². The van der Waals surface area contributed by atoms with Gasteiger partial charge in [-0.15, -0.1) is 0 Å². The van der Waals surface area contributed by atoms with Gasteiger partial charge < -0.3 is 5.32 Å². The molecule has 0 atom stereocenters. The van der Waals surface area contributed by atoms with Crippen molar-refractivity contribution in [3.8, 4) is 11.3 Å². The van der Waals surface area contributed by atoms with Crippen LogP contribution in [0.5, 0.6) is 0 Å². The maximum Gasteiger partial charge on any atom is 0.262 e. The van der Waals surface area contributed by atoms with Crippen molar-refractivity contribution in [3.63, 3.8) is 0 Å². The highest BCUT2D eigenvalue weighted by Gasteiger charge is 2.12. The lowest BCUT2D eigenvalue weighted by atomic mass is 10.1. The zero-order chi connectivity index (χ0) is 16.4. The van der Waals surface area contributed by atoms with E-state index in [1.807, 2.05) is 48.5 Å². The van der Waals surface area contributed by atoms with Gasteiger partial charge in [-0.25, -0.2) is 4.98 Å². The van der Waals surface area contributed by atoms with Crippen LogP contribution >= 0.6 is 0 Å². The molecule has 0 aliphatic rings. The first kappa shape index (κ1) is 14.1. The number of nitrogens with one attached hydrogen (secondary N) is 2. The van der Waals surface area contributed by atoms with Crippen LogP contribution in [0.15, 0.2) is 71.8 Å². The van der Waals surface area contributed by atoms with Gasteiger partial charge in [0.2, 0.25) is 5.95 Å². The third-order valence-electron chi connectivity index (χ3n) is 3.59. The molecule has 0 unspecified atom stereocenters. The van der Waals surface area contributed by atoms with E-state index in [9.17, 15) is 4.79 Å². The highest BCUT2D eigenvalue weighted by molar-refractivity contribution is 5.91. The Morgan fingerprint density at radius 2 is 1.71 bits per heavy atom. The van der Waals surface area contributed by atoms with Crippen molar-refractivity contribution in [2.24, 2.45) is 0 Å². The van der Waals surface area contributed by atoms with Crippen molar-refractivity contribution in [1.82, 2.24) is 19.9 Å². The largest absolute Gasteiger partial charge is 0.326 e. The summed E-state index contributed by atoms with van der Waals surface area (Å²) in [6, 6.07) is 16.8. The van der Waals surface area contributed by atoms with Crippen LogP contribution < -0.4 is 10.9 Å². The van der Waals surface area contributed by atoms with Gasteiger partial charge in [-0.3, -0.25) is 14.8 Å². The predicted octanol–water partition coefficient (Wildman–Crippen LogP) is 3.12. The van der Waals surface area contributed by atoms with Crippen molar-refractivity contribution in [1.29, 1.82) is 0 Å². The van der Waals surface area contributed by atoms with Crippen molar-refractivity contribution in [3.05, 3.63) is 77.3 Å². The van der Waals surface area contributed by atoms with Gasteiger partial charge in [0.25, 0.3) is 5.56 Å². The summed E-state index contributed by atoms with van der Waals surface area (Å²) in [4.78, 5) is 28.3. The van der Waals surface area contributed by atoms with Crippen molar-refractivity contribution in [2.45, 2.75) is 0 Å². The Bertz CT molecular complexity index is 1050. The fraction of sp³-hybridized carbons (Fsp3) is 0. The maximum absolute atomic E-state index is 12.6. The number of hydrogen-bond donors (Lipinski definition) is 2. The topological polar surface area (TPSA) is 83.6 Å². The quantitative estimate of drug-likeness (QED) is 0.607. The Labute approximate surface area is 137 Å². The van der Waals surface area contributed by atoms with Crippen LogP contribution in [-0.2, 0) is 0 Å². The van der Waals surface area contributed by atoms with Crippen LogP contribution in [0.1, 0.15) is 0 Å². The van der Waals surface area contributed by atoms with Crippen LogP contribution in [-0.4, -0.2) is 19.9 Å². The van der Waals surface area contributed by atoms with E-state index in [2.05, 4.69) is 25.3 Å². The number of benzene rings is 1. The Hall–Kier alpha value is -3.54. The van der Waals surface area contributed by atoms with Gasteiger partial charge in [-0.05, 0) is 30.3 Å². The van der Waals surface area contributed by atoms with Crippen LogP contribution in [0, 0.1) is 0 Å². The predicted molar refractivity (Wildman–Crippen MR) is 93.1 cm³/mol. The van der Waals surface area contributed by atoms with Gasteiger partial charge in [-0.1, -0.05) is 24.3 Å². The highest BCUT2D eigenvalue weighted by Crippen LogP contribution is 2.22. The van der Waals surface area contributed by atoms with Gasteiger partial charge in [0, 0.05) is 23.6 Å². The van der Waals surface area contributed by atoms with Crippen LogP contribution in [0.3, 0.4) is 0 Å². The molecule has 3 aromatic heterocycles. The summed E-state index contributed by atoms with van der Waals surface area (Å²) >= 11 is 0. The van der Waals surface area contributed by atoms with E-state index in [0.717, 1.165) is 5.69 Å². The fourth-order valence-corrected chi connectivity index (χ4v) is 2.52. The van der Waals surface area contributed by atoms with E-state index in [1.165, 1.54) is 0 Å². The molecule has 0 aliphatic carbocycles. The molecule has 4 rings (SSSR count). The molecule has 24 heavy (non-hydrogen) atoms. The van der Waals surface area contributed by atoms with Gasteiger partial charge in [-0.2, -0.15) is 4.98 Å². The molecule has 0 bridgehead atoms. The highest BCUT2D eigenvalue weighted by atomic mass is 16.1. The fourth-order valence-electron chi connectivity index (χ4n) is 2.52. The number of aromatic nitrogens is 4. The Balaban J connectivity index is 1.85. The lowest BCUT2D eigenvalue weighted by molar-refractivity contribution is 1.14. The molecule has 4 aromatic rings. The second-order valence-corrected chi connectivity index (χ2v) is 5.18. The van der Waals surface area contributed by atoms with Gasteiger partial charge in [0.05, 0.1) is 11.1 Å². The van der Waals surface area contributed by atoms with Crippen LogP contribution in [0.25, 0.3) is 22.3 Å². The summed E-state index contributed by atoms with van der Waals surface area (Å²) < 4.78 is 0. The number of aromatic amines is 1. The van der Waals surface area contributed by atoms with Gasteiger partial charge >= 0.3 is 0 Å². The Kier molecular flexibility index (Phi) is 3.47. The second-order valence-electron chi connectivity index (χ2n) is 5.18. The second kappa shape index (κ2) is 5.92. The molecule has 1 aromatic carbocycles. The molecular formula is C18H13N5O. The minimum absolute atomic E-state index is 0.257. The molecule has 0 radical (unpaired) electrons. The Morgan fingerprint density at radius 3 is 2.50 bits per heavy atom. The molecule has 6 heteroatoms. The molecule has 116 valence electrons.